The predicted molar refractivity (Wildman–Crippen MR) is 126 cm³/mol. The Labute approximate surface area is 181 Å². The Morgan fingerprint density at radius 1 is 1.10 bits per heavy atom. The Bertz CT molecular complexity index is 1260. The van der Waals surface area contributed by atoms with Crippen molar-refractivity contribution in [2.75, 3.05) is 10.6 Å². The molecule has 2 N–H and O–H groups in total. The number of aromatic nitrogens is 5. The van der Waals surface area contributed by atoms with E-state index in [9.17, 15) is 0 Å². The lowest BCUT2D eigenvalue weighted by molar-refractivity contribution is 0.869. The van der Waals surface area contributed by atoms with Gasteiger partial charge in [0.25, 0.3) is 0 Å². The fourth-order valence-corrected chi connectivity index (χ4v) is 3.33. The number of pyridine rings is 2. The Balaban J connectivity index is 1.64. The van der Waals surface area contributed by atoms with Gasteiger partial charge in [-0.15, -0.1) is 0 Å². The van der Waals surface area contributed by atoms with Crippen LogP contribution in [0.5, 0.6) is 0 Å². The van der Waals surface area contributed by atoms with Gasteiger partial charge in [0.05, 0.1) is 29.3 Å². The smallest absolute Gasteiger partial charge is 0.223 e. The number of rotatable bonds is 7. The highest BCUT2D eigenvalue weighted by atomic mass is 15.2. The Morgan fingerprint density at radius 3 is 2.65 bits per heavy atom. The van der Waals surface area contributed by atoms with E-state index in [-0.39, 0.29) is 6.04 Å². The van der Waals surface area contributed by atoms with Crippen LogP contribution in [0.2, 0.25) is 0 Å². The van der Waals surface area contributed by atoms with E-state index in [2.05, 4.69) is 63.8 Å². The Morgan fingerprint density at radius 2 is 1.94 bits per heavy atom. The monoisotopic (exact) mass is 411 g/mol. The lowest BCUT2D eigenvalue weighted by Gasteiger charge is -2.13. The van der Waals surface area contributed by atoms with Crippen LogP contribution in [0.1, 0.15) is 36.2 Å². The molecule has 4 aromatic heterocycles. The zero-order valence-corrected chi connectivity index (χ0v) is 17.9. The van der Waals surface area contributed by atoms with Crippen LogP contribution in [0.3, 0.4) is 0 Å². The molecule has 7 nitrogen and oxygen atoms in total. The summed E-state index contributed by atoms with van der Waals surface area (Å²) in [6.45, 7) is 14.6. The average Bonchev–Trinajstić information content (AvgIpc) is 3.17. The summed E-state index contributed by atoms with van der Waals surface area (Å²) in [5.41, 5.74) is 7.06. The van der Waals surface area contributed by atoms with E-state index >= 15 is 0 Å². The lowest BCUT2D eigenvalue weighted by atomic mass is 10.00. The summed E-state index contributed by atoms with van der Waals surface area (Å²) in [6, 6.07) is 8.13. The van der Waals surface area contributed by atoms with Gasteiger partial charge in [-0.25, -0.2) is 14.5 Å². The molecular formula is C24H25N7. The standard InChI is InChI=1S/C24H25N7/c1-15(2)28-24-26-13-21(17(4)30-24)16(3)19-8-10-31-23(11-19)22(14-27-31)18(5)29-20-7-6-9-25-12-20/h6-15,29H,3,5H2,1-2,4H3,(H,26,28,30). The number of hydrogen-bond donors (Lipinski definition) is 2. The molecule has 0 radical (unpaired) electrons. The number of aryl methyl sites for hydroxylation is 1. The van der Waals surface area contributed by atoms with Crippen LogP contribution in [0.15, 0.2) is 68.4 Å². The predicted octanol–water partition coefficient (Wildman–Crippen LogP) is 4.79. The molecule has 0 amide bonds. The van der Waals surface area contributed by atoms with Gasteiger partial charge >= 0.3 is 0 Å². The van der Waals surface area contributed by atoms with Crippen LogP contribution < -0.4 is 10.6 Å². The van der Waals surface area contributed by atoms with Gasteiger partial charge < -0.3 is 10.6 Å². The van der Waals surface area contributed by atoms with E-state index < -0.39 is 0 Å². The summed E-state index contributed by atoms with van der Waals surface area (Å²) < 4.78 is 1.82. The van der Waals surface area contributed by atoms with Gasteiger partial charge in [0, 0.05) is 41.5 Å². The molecule has 0 atom stereocenters. The van der Waals surface area contributed by atoms with E-state index in [0.29, 0.717) is 5.95 Å². The highest BCUT2D eigenvalue weighted by Crippen LogP contribution is 2.27. The van der Waals surface area contributed by atoms with E-state index in [0.717, 1.165) is 44.9 Å². The third kappa shape index (κ3) is 4.30. The first-order valence-corrected chi connectivity index (χ1v) is 10.1. The molecule has 0 spiro atoms. The maximum Gasteiger partial charge on any atom is 0.223 e. The third-order valence-corrected chi connectivity index (χ3v) is 4.87. The van der Waals surface area contributed by atoms with Crippen molar-refractivity contribution >= 4 is 28.4 Å². The minimum Gasteiger partial charge on any atom is -0.354 e. The highest BCUT2D eigenvalue weighted by Gasteiger charge is 2.13. The normalized spacial score (nSPS) is 11.0. The first-order valence-electron chi connectivity index (χ1n) is 10.1. The number of fused-ring (bicyclic) bond motifs is 1. The zero-order chi connectivity index (χ0) is 22.0. The van der Waals surface area contributed by atoms with Crippen LogP contribution in [-0.2, 0) is 0 Å². The molecule has 0 unspecified atom stereocenters. The molecule has 0 bridgehead atoms. The quantitative estimate of drug-likeness (QED) is 0.455. The molecule has 0 aliphatic heterocycles. The van der Waals surface area contributed by atoms with Crippen LogP contribution in [0, 0.1) is 6.92 Å². The third-order valence-electron chi connectivity index (χ3n) is 4.87. The molecule has 0 aliphatic carbocycles. The van der Waals surface area contributed by atoms with Gasteiger partial charge in [0.15, 0.2) is 0 Å². The van der Waals surface area contributed by atoms with Gasteiger partial charge in [-0.1, -0.05) is 13.2 Å². The Kier molecular flexibility index (Phi) is 5.49. The van der Waals surface area contributed by atoms with Gasteiger partial charge in [-0.05, 0) is 56.2 Å². The summed E-state index contributed by atoms with van der Waals surface area (Å²) in [5, 5.41) is 11.0. The molecule has 0 saturated carbocycles. The van der Waals surface area contributed by atoms with Crippen molar-refractivity contribution in [3.05, 3.63) is 90.8 Å². The SMILES string of the molecule is C=C(c1ccn2ncc(C(=C)Nc3cccnc3)c2c1)c1cnc(NC(C)C)nc1C. The summed E-state index contributed by atoms with van der Waals surface area (Å²) in [4.78, 5) is 13.1. The molecular weight excluding hydrogens is 386 g/mol. The summed E-state index contributed by atoms with van der Waals surface area (Å²) in [7, 11) is 0. The Hall–Kier alpha value is -4.00. The fourth-order valence-electron chi connectivity index (χ4n) is 3.33. The van der Waals surface area contributed by atoms with Crippen molar-refractivity contribution in [1.29, 1.82) is 0 Å². The lowest BCUT2D eigenvalue weighted by Crippen LogP contribution is -2.13. The van der Waals surface area contributed by atoms with Crippen LogP contribution in [0.25, 0.3) is 16.8 Å². The molecule has 0 fully saturated rings. The summed E-state index contributed by atoms with van der Waals surface area (Å²) in [6.07, 6.45) is 9.03. The first kappa shape index (κ1) is 20.3. The fraction of sp³-hybridized carbons (Fsp3) is 0.167. The van der Waals surface area contributed by atoms with Crippen molar-refractivity contribution in [3.63, 3.8) is 0 Å². The number of hydrogen-bond acceptors (Lipinski definition) is 6. The largest absolute Gasteiger partial charge is 0.354 e. The summed E-state index contributed by atoms with van der Waals surface area (Å²) in [5.74, 6) is 0.621. The molecule has 4 rings (SSSR count). The van der Waals surface area contributed by atoms with Gasteiger partial charge in [0.2, 0.25) is 5.95 Å². The van der Waals surface area contributed by atoms with E-state index in [1.807, 2.05) is 42.0 Å². The minimum atomic E-state index is 0.268. The van der Waals surface area contributed by atoms with E-state index in [1.165, 1.54) is 0 Å². The van der Waals surface area contributed by atoms with Crippen LogP contribution in [-0.4, -0.2) is 30.6 Å². The highest BCUT2D eigenvalue weighted by molar-refractivity contribution is 5.86. The molecule has 156 valence electrons. The zero-order valence-electron chi connectivity index (χ0n) is 17.9. The van der Waals surface area contributed by atoms with Crippen LogP contribution in [0.4, 0.5) is 11.6 Å². The topological polar surface area (TPSA) is 80.0 Å². The maximum absolute atomic E-state index is 4.57. The van der Waals surface area contributed by atoms with Crippen LogP contribution >= 0.6 is 0 Å². The number of nitrogens with one attached hydrogen (secondary N) is 2. The second-order valence-electron chi connectivity index (χ2n) is 7.62. The molecule has 0 aromatic carbocycles. The second-order valence-corrected chi connectivity index (χ2v) is 7.62. The van der Waals surface area contributed by atoms with Gasteiger partial charge in [-0.2, -0.15) is 5.10 Å². The average molecular weight is 412 g/mol. The maximum atomic E-state index is 4.57. The van der Waals surface area contributed by atoms with Crippen molar-refractivity contribution in [2.24, 2.45) is 0 Å². The second kappa shape index (κ2) is 8.39. The molecule has 31 heavy (non-hydrogen) atoms. The molecule has 4 heterocycles. The van der Waals surface area contributed by atoms with Crippen molar-refractivity contribution < 1.29 is 0 Å². The molecule has 0 aliphatic rings. The van der Waals surface area contributed by atoms with Gasteiger partial charge in [0.1, 0.15) is 0 Å². The van der Waals surface area contributed by atoms with E-state index in [1.54, 1.807) is 18.6 Å². The molecule has 0 saturated heterocycles. The first-order chi connectivity index (χ1) is 14.9. The number of anilines is 2. The molecule has 4 aromatic rings. The number of nitrogens with zero attached hydrogens (tertiary/aromatic N) is 5. The van der Waals surface area contributed by atoms with Crippen molar-refractivity contribution in [3.8, 4) is 0 Å². The van der Waals surface area contributed by atoms with Crippen molar-refractivity contribution in [1.82, 2.24) is 24.6 Å². The van der Waals surface area contributed by atoms with E-state index in [4.69, 9.17) is 0 Å². The van der Waals surface area contributed by atoms with Gasteiger partial charge in [-0.3, -0.25) is 4.98 Å². The summed E-state index contributed by atoms with van der Waals surface area (Å²) >= 11 is 0. The molecule has 7 heteroatoms. The van der Waals surface area contributed by atoms with Crippen molar-refractivity contribution in [2.45, 2.75) is 26.8 Å². The minimum absolute atomic E-state index is 0.268.